The molecule has 1 aromatic heterocycles. The van der Waals surface area contributed by atoms with E-state index in [1.54, 1.807) is 12.1 Å². The molecule has 1 aliphatic rings. The van der Waals surface area contributed by atoms with Gasteiger partial charge >= 0.3 is 0 Å². The number of carbonyl (C=O) groups excluding carboxylic acids is 1. The SMILES string of the molecule is Cc1nc(Cc2ccc(F)cc2)sc1C(=O)NC1CCNCC1C.Cl.Cl. The lowest BCUT2D eigenvalue weighted by molar-refractivity contribution is 0.0917. The number of halogens is 3. The van der Waals surface area contributed by atoms with Crippen molar-refractivity contribution in [3.63, 3.8) is 0 Å². The lowest BCUT2D eigenvalue weighted by atomic mass is 9.95. The molecule has 0 aliphatic carbocycles. The third-order valence-corrected chi connectivity index (χ3v) is 5.57. The van der Waals surface area contributed by atoms with Gasteiger partial charge in [0, 0.05) is 12.5 Å². The molecular formula is C18H24Cl2FN3OS. The molecule has 1 aliphatic heterocycles. The summed E-state index contributed by atoms with van der Waals surface area (Å²) in [6.07, 6.45) is 1.57. The maximum absolute atomic E-state index is 13.0. The molecule has 144 valence electrons. The predicted molar refractivity (Wildman–Crippen MR) is 108 cm³/mol. The molecule has 0 bridgehead atoms. The average molecular weight is 420 g/mol. The molecule has 0 saturated carbocycles. The number of aromatic nitrogens is 1. The first-order valence-electron chi connectivity index (χ1n) is 8.25. The van der Waals surface area contributed by atoms with Crippen molar-refractivity contribution in [2.45, 2.75) is 32.7 Å². The average Bonchev–Trinajstić information content (AvgIpc) is 2.92. The van der Waals surface area contributed by atoms with Crippen molar-refractivity contribution in [2.24, 2.45) is 5.92 Å². The zero-order chi connectivity index (χ0) is 17.1. The van der Waals surface area contributed by atoms with Crippen LogP contribution in [0.2, 0.25) is 0 Å². The summed E-state index contributed by atoms with van der Waals surface area (Å²) in [7, 11) is 0. The smallest absolute Gasteiger partial charge is 0.263 e. The summed E-state index contributed by atoms with van der Waals surface area (Å²) in [4.78, 5) is 17.8. The number of carbonyl (C=O) groups is 1. The van der Waals surface area contributed by atoms with E-state index >= 15 is 0 Å². The van der Waals surface area contributed by atoms with Crippen LogP contribution in [-0.2, 0) is 6.42 Å². The zero-order valence-electron chi connectivity index (χ0n) is 14.8. The molecule has 0 radical (unpaired) electrons. The van der Waals surface area contributed by atoms with E-state index in [0.717, 1.165) is 35.8 Å². The summed E-state index contributed by atoms with van der Waals surface area (Å²) in [5.74, 6) is 0.147. The van der Waals surface area contributed by atoms with Crippen LogP contribution >= 0.6 is 36.2 Å². The van der Waals surface area contributed by atoms with Gasteiger partial charge in [-0.05, 0) is 50.0 Å². The maximum atomic E-state index is 13.0. The lowest BCUT2D eigenvalue weighted by Gasteiger charge is -2.30. The molecule has 0 spiro atoms. The first-order chi connectivity index (χ1) is 11.5. The van der Waals surface area contributed by atoms with E-state index in [0.29, 0.717) is 17.2 Å². The van der Waals surface area contributed by atoms with E-state index in [2.05, 4.69) is 22.5 Å². The summed E-state index contributed by atoms with van der Waals surface area (Å²) < 4.78 is 13.0. The van der Waals surface area contributed by atoms with Gasteiger partial charge in [0.2, 0.25) is 0 Å². The highest BCUT2D eigenvalue weighted by molar-refractivity contribution is 7.13. The Kier molecular flexibility index (Phi) is 8.96. The molecule has 2 atom stereocenters. The Morgan fingerprint density at radius 3 is 2.69 bits per heavy atom. The highest BCUT2D eigenvalue weighted by Crippen LogP contribution is 2.22. The number of piperidine rings is 1. The highest BCUT2D eigenvalue weighted by Gasteiger charge is 2.25. The monoisotopic (exact) mass is 419 g/mol. The number of benzene rings is 1. The third kappa shape index (κ3) is 5.64. The van der Waals surface area contributed by atoms with E-state index in [1.165, 1.54) is 23.5 Å². The number of amides is 1. The van der Waals surface area contributed by atoms with Gasteiger partial charge in [0.05, 0.1) is 10.7 Å². The summed E-state index contributed by atoms with van der Waals surface area (Å²) in [5, 5.41) is 7.37. The Morgan fingerprint density at radius 2 is 2.04 bits per heavy atom. The van der Waals surface area contributed by atoms with Crippen LogP contribution in [0.1, 0.15) is 39.3 Å². The zero-order valence-corrected chi connectivity index (χ0v) is 17.2. The van der Waals surface area contributed by atoms with Crippen LogP contribution < -0.4 is 10.6 Å². The van der Waals surface area contributed by atoms with Crippen molar-refractivity contribution in [3.8, 4) is 0 Å². The van der Waals surface area contributed by atoms with Crippen LogP contribution in [0.3, 0.4) is 0 Å². The second-order valence-electron chi connectivity index (χ2n) is 6.38. The van der Waals surface area contributed by atoms with Gasteiger partial charge < -0.3 is 10.6 Å². The Hall–Kier alpha value is -1.21. The number of thiazole rings is 1. The molecule has 8 heteroatoms. The topological polar surface area (TPSA) is 54.0 Å². The number of hydrogen-bond acceptors (Lipinski definition) is 4. The fourth-order valence-corrected chi connectivity index (χ4v) is 3.98. The molecule has 1 aromatic carbocycles. The van der Waals surface area contributed by atoms with Gasteiger partial charge in [-0.25, -0.2) is 9.37 Å². The fourth-order valence-electron chi connectivity index (χ4n) is 2.98. The minimum atomic E-state index is -0.245. The largest absolute Gasteiger partial charge is 0.348 e. The minimum absolute atomic E-state index is 0. The van der Waals surface area contributed by atoms with Gasteiger partial charge in [0.15, 0.2) is 0 Å². The Balaban J connectivity index is 0.00000169. The van der Waals surface area contributed by atoms with Gasteiger partial charge in [0.25, 0.3) is 5.91 Å². The van der Waals surface area contributed by atoms with E-state index < -0.39 is 0 Å². The molecule has 2 aromatic rings. The lowest BCUT2D eigenvalue weighted by Crippen LogP contribution is -2.48. The first-order valence-corrected chi connectivity index (χ1v) is 9.07. The molecule has 4 nitrogen and oxygen atoms in total. The highest BCUT2D eigenvalue weighted by atomic mass is 35.5. The molecule has 1 amide bonds. The van der Waals surface area contributed by atoms with Gasteiger partial charge in [-0.15, -0.1) is 36.2 Å². The predicted octanol–water partition coefficient (Wildman–Crippen LogP) is 3.75. The Morgan fingerprint density at radius 1 is 1.35 bits per heavy atom. The van der Waals surface area contributed by atoms with E-state index in [-0.39, 0.29) is 42.6 Å². The number of hydrogen-bond donors (Lipinski definition) is 2. The van der Waals surface area contributed by atoms with Crippen molar-refractivity contribution < 1.29 is 9.18 Å². The van der Waals surface area contributed by atoms with Crippen molar-refractivity contribution in [1.29, 1.82) is 0 Å². The van der Waals surface area contributed by atoms with Crippen LogP contribution in [-0.4, -0.2) is 30.0 Å². The molecule has 26 heavy (non-hydrogen) atoms. The van der Waals surface area contributed by atoms with Crippen LogP contribution in [0.25, 0.3) is 0 Å². The molecule has 3 rings (SSSR count). The number of rotatable bonds is 4. The van der Waals surface area contributed by atoms with Gasteiger partial charge in [-0.1, -0.05) is 19.1 Å². The molecule has 1 fully saturated rings. The molecule has 2 unspecified atom stereocenters. The van der Waals surface area contributed by atoms with Crippen molar-refractivity contribution in [3.05, 3.63) is 51.2 Å². The van der Waals surface area contributed by atoms with Crippen molar-refractivity contribution in [2.75, 3.05) is 13.1 Å². The molecule has 2 N–H and O–H groups in total. The van der Waals surface area contributed by atoms with Gasteiger partial charge in [0.1, 0.15) is 10.7 Å². The van der Waals surface area contributed by atoms with Crippen LogP contribution in [0, 0.1) is 18.7 Å². The standard InChI is InChI=1S/C18H22FN3OS.2ClH/c1-11-10-20-8-7-15(11)22-18(23)17-12(2)21-16(24-17)9-13-3-5-14(19)6-4-13;;/h3-6,11,15,20H,7-10H2,1-2H3,(H,22,23);2*1H. The molecular weight excluding hydrogens is 396 g/mol. The van der Waals surface area contributed by atoms with Crippen LogP contribution in [0.5, 0.6) is 0 Å². The maximum Gasteiger partial charge on any atom is 0.263 e. The quantitative estimate of drug-likeness (QED) is 0.792. The van der Waals surface area contributed by atoms with Crippen molar-refractivity contribution >= 4 is 42.1 Å². The van der Waals surface area contributed by atoms with Gasteiger partial charge in [-0.3, -0.25) is 4.79 Å². The molecule has 1 saturated heterocycles. The fraction of sp³-hybridized carbons (Fsp3) is 0.444. The minimum Gasteiger partial charge on any atom is -0.348 e. The van der Waals surface area contributed by atoms with E-state index in [9.17, 15) is 9.18 Å². The van der Waals surface area contributed by atoms with E-state index in [1.807, 2.05) is 6.92 Å². The van der Waals surface area contributed by atoms with E-state index in [4.69, 9.17) is 0 Å². The number of nitrogens with zero attached hydrogens (tertiary/aromatic N) is 1. The third-order valence-electron chi connectivity index (χ3n) is 4.42. The number of aryl methyl sites for hydroxylation is 1. The Bertz CT molecular complexity index is 724. The van der Waals surface area contributed by atoms with Crippen LogP contribution in [0.15, 0.2) is 24.3 Å². The van der Waals surface area contributed by atoms with Crippen molar-refractivity contribution in [1.82, 2.24) is 15.6 Å². The summed E-state index contributed by atoms with van der Waals surface area (Å²) >= 11 is 1.42. The summed E-state index contributed by atoms with van der Waals surface area (Å²) in [6.45, 7) is 5.89. The summed E-state index contributed by atoms with van der Waals surface area (Å²) in [6, 6.07) is 6.61. The second-order valence-corrected chi connectivity index (χ2v) is 7.46. The van der Waals surface area contributed by atoms with Gasteiger partial charge in [-0.2, -0.15) is 0 Å². The normalized spacial score (nSPS) is 19.2. The van der Waals surface area contributed by atoms with Crippen LogP contribution in [0.4, 0.5) is 4.39 Å². The molecule has 2 heterocycles. The number of nitrogens with one attached hydrogen (secondary N) is 2. The second kappa shape index (κ2) is 10.2. The Labute approximate surface area is 169 Å². The first kappa shape index (κ1) is 22.8. The summed E-state index contributed by atoms with van der Waals surface area (Å²) in [5.41, 5.74) is 1.75.